The highest BCUT2D eigenvalue weighted by molar-refractivity contribution is 7.66. The lowest BCUT2D eigenvalue weighted by atomic mass is 10.3. The Kier molecular flexibility index (Phi) is 2.79. The summed E-state index contributed by atoms with van der Waals surface area (Å²) in [6, 6.07) is 0. The summed E-state index contributed by atoms with van der Waals surface area (Å²) in [6.45, 7) is 8.98. The Hall–Kier alpha value is -0.490. The standard InChI is InChI=1S/C9H15N2P/c1-9(2,3)12(4)8-7-10-5-6-11-8/h5-7H,1-4H3. The molecule has 3 heteroatoms. The largest absolute Gasteiger partial charge is 0.261 e. The van der Waals surface area contributed by atoms with Crippen LogP contribution in [0.2, 0.25) is 0 Å². The third-order valence-corrected chi connectivity index (χ3v) is 4.83. The molecule has 0 bridgehead atoms. The van der Waals surface area contributed by atoms with Crippen molar-refractivity contribution in [2.45, 2.75) is 25.9 Å². The molecule has 1 aromatic rings. The van der Waals surface area contributed by atoms with Crippen molar-refractivity contribution in [1.82, 2.24) is 9.97 Å². The molecule has 0 N–H and O–H groups in total. The van der Waals surface area contributed by atoms with Crippen molar-refractivity contribution in [3.8, 4) is 0 Å². The van der Waals surface area contributed by atoms with Gasteiger partial charge in [-0.15, -0.1) is 0 Å². The fourth-order valence-electron chi connectivity index (χ4n) is 0.808. The lowest BCUT2D eigenvalue weighted by Gasteiger charge is -2.26. The maximum absolute atomic E-state index is 4.31. The van der Waals surface area contributed by atoms with Gasteiger partial charge in [-0.3, -0.25) is 9.97 Å². The molecule has 0 spiro atoms. The van der Waals surface area contributed by atoms with Crippen molar-refractivity contribution in [2.75, 3.05) is 6.66 Å². The second kappa shape index (κ2) is 3.49. The molecule has 1 atom stereocenters. The van der Waals surface area contributed by atoms with E-state index in [0.717, 1.165) is 5.44 Å². The Bertz CT molecular complexity index is 240. The van der Waals surface area contributed by atoms with E-state index in [0.29, 0.717) is 5.16 Å². The first-order valence-corrected chi connectivity index (χ1v) is 5.80. The molecule has 1 rings (SSSR count). The first kappa shape index (κ1) is 9.60. The summed E-state index contributed by atoms with van der Waals surface area (Å²) in [7, 11) is -0.190. The fraction of sp³-hybridized carbons (Fsp3) is 0.556. The van der Waals surface area contributed by atoms with Crippen molar-refractivity contribution in [3.05, 3.63) is 18.6 Å². The van der Waals surface area contributed by atoms with Crippen molar-refractivity contribution in [2.24, 2.45) is 0 Å². The van der Waals surface area contributed by atoms with Crippen LogP contribution in [0.5, 0.6) is 0 Å². The van der Waals surface area contributed by atoms with Gasteiger partial charge in [0, 0.05) is 12.4 Å². The number of nitrogens with zero attached hydrogens (tertiary/aromatic N) is 2. The van der Waals surface area contributed by atoms with Gasteiger partial charge >= 0.3 is 0 Å². The van der Waals surface area contributed by atoms with Gasteiger partial charge in [-0.05, 0) is 11.8 Å². The molecular weight excluding hydrogens is 167 g/mol. The Labute approximate surface area is 75.2 Å². The quantitative estimate of drug-likeness (QED) is 0.621. The number of hydrogen-bond acceptors (Lipinski definition) is 2. The third-order valence-electron chi connectivity index (χ3n) is 1.90. The second-order valence-electron chi connectivity index (χ2n) is 3.79. The van der Waals surface area contributed by atoms with Crippen molar-refractivity contribution in [1.29, 1.82) is 0 Å². The van der Waals surface area contributed by atoms with E-state index in [4.69, 9.17) is 0 Å². The van der Waals surface area contributed by atoms with Crippen LogP contribution in [-0.4, -0.2) is 21.8 Å². The summed E-state index contributed by atoms with van der Waals surface area (Å²) in [5.74, 6) is 0. The topological polar surface area (TPSA) is 25.8 Å². The van der Waals surface area contributed by atoms with Crippen molar-refractivity contribution < 1.29 is 0 Å². The van der Waals surface area contributed by atoms with Gasteiger partial charge in [0.15, 0.2) is 0 Å². The maximum Gasteiger partial charge on any atom is 0.0815 e. The fourth-order valence-corrected chi connectivity index (χ4v) is 1.98. The van der Waals surface area contributed by atoms with Gasteiger partial charge in [0.1, 0.15) is 0 Å². The van der Waals surface area contributed by atoms with Gasteiger partial charge in [0.25, 0.3) is 0 Å². The molecule has 0 saturated carbocycles. The first-order valence-electron chi connectivity index (χ1n) is 4.01. The van der Waals surface area contributed by atoms with Crippen LogP contribution in [0.4, 0.5) is 0 Å². The van der Waals surface area contributed by atoms with Crippen LogP contribution in [0.1, 0.15) is 20.8 Å². The Balaban J connectivity index is 2.86. The van der Waals surface area contributed by atoms with Crippen LogP contribution in [0.25, 0.3) is 0 Å². The minimum Gasteiger partial charge on any atom is -0.261 e. The highest BCUT2D eigenvalue weighted by Gasteiger charge is 2.21. The first-order chi connectivity index (χ1) is 5.52. The highest BCUT2D eigenvalue weighted by Crippen LogP contribution is 2.43. The summed E-state index contributed by atoms with van der Waals surface area (Å²) < 4.78 is 0. The zero-order chi connectivity index (χ0) is 9.19. The second-order valence-corrected chi connectivity index (χ2v) is 6.71. The minimum atomic E-state index is -0.190. The average Bonchev–Trinajstić information content (AvgIpc) is 2.03. The van der Waals surface area contributed by atoms with Crippen molar-refractivity contribution in [3.63, 3.8) is 0 Å². The Morgan fingerprint density at radius 2 is 1.92 bits per heavy atom. The molecule has 0 radical (unpaired) electrons. The summed E-state index contributed by atoms with van der Waals surface area (Å²) in [6.07, 6.45) is 5.35. The molecule has 66 valence electrons. The molecule has 0 aromatic carbocycles. The van der Waals surface area contributed by atoms with Gasteiger partial charge in [0.2, 0.25) is 0 Å². The van der Waals surface area contributed by atoms with E-state index in [1.807, 2.05) is 6.20 Å². The molecule has 0 aliphatic carbocycles. The molecule has 2 nitrogen and oxygen atoms in total. The number of hydrogen-bond donors (Lipinski definition) is 0. The van der Waals surface area contributed by atoms with Crippen LogP contribution >= 0.6 is 7.92 Å². The van der Waals surface area contributed by atoms with E-state index in [1.165, 1.54) is 0 Å². The summed E-state index contributed by atoms with van der Waals surface area (Å²) in [5, 5.41) is 0.325. The Morgan fingerprint density at radius 3 is 2.33 bits per heavy atom. The van der Waals surface area contributed by atoms with E-state index in [9.17, 15) is 0 Å². The normalized spacial score (nSPS) is 14.3. The van der Waals surface area contributed by atoms with E-state index >= 15 is 0 Å². The van der Waals surface area contributed by atoms with Crippen LogP contribution in [0.15, 0.2) is 18.6 Å². The molecule has 0 saturated heterocycles. The van der Waals surface area contributed by atoms with Crippen molar-refractivity contribution >= 4 is 13.4 Å². The van der Waals surface area contributed by atoms with Crippen LogP contribution in [-0.2, 0) is 0 Å². The number of aromatic nitrogens is 2. The molecule has 0 aliphatic rings. The van der Waals surface area contributed by atoms with Gasteiger partial charge in [0.05, 0.1) is 11.6 Å². The molecule has 1 aromatic heterocycles. The lowest BCUT2D eigenvalue weighted by molar-refractivity contribution is 0.790. The monoisotopic (exact) mass is 182 g/mol. The van der Waals surface area contributed by atoms with Crippen LogP contribution in [0.3, 0.4) is 0 Å². The van der Waals surface area contributed by atoms with Gasteiger partial charge in [-0.2, -0.15) is 0 Å². The molecule has 1 unspecified atom stereocenters. The lowest BCUT2D eigenvalue weighted by Crippen LogP contribution is -2.20. The molecule has 0 aliphatic heterocycles. The SMILES string of the molecule is CP(c1cnccn1)C(C)(C)C. The minimum absolute atomic E-state index is 0.190. The average molecular weight is 182 g/mol. The maximum atomic E-state index is 4.31. The van der Waals surface area contributed by atoms with E-state index < -0.39 is 0 Å². The predicted molar refractivity (Wildman–Crippen MR) is 54.3 cm³/mol. The molecule has 12 heavy (non-hydrogen) atoms. The molecule has 0 amide bonds. The van der Waals surface area contributed by atoms with Gasteiger partial charge < -0.3 is 0 Å². The van der Waals surface area contributed by atoms with E-state index in [-0.39, 0.29) is 7.92 Å². The van der Waals surface area contributed by atoms with Crippen LogP contribution in [0, 0.1) is 0 Å². The smallest absolute Gasteiger partial charge is 0.0815 e. The summed E-state index contributed by atoms with van der Waals surface area (Å²) in [4.78, 5) is 8.38. The van der Waals surface area contributed by atoms with E-state index in [1.54, 1.807) is 12.4 Å². The summed E-state index contributed by atoms with van der Waals surface area (Å²) >= 11 is 0. The molecule has 0 fully saturated rings. The molecular formula is C9H15N2P. The number of rotatable bonds is 1. The highest BCUT2D eigenvalue weighted by atomic mass is 31.1. The third kappa shape index (κ3) is 2.25. The predicted octanol–water partition coefficient (Wildman–Crippen LogP) is 2.01. The van der Waals surface area contributed by atoms with Crippen LogP contribution < -0.4 is 5.44 Å². The summed E-state index contributed by atoms with van der Waals surface area (Å²) in [5.41, 5.74) is 1.14. The molecule has 1 heterocycles. The van der Waals surface area contributed by atoms with Gasteiger partial charge in [-0.25, -0.2) is 0 Å². The van der Waals surface area contributed by atoms with Gasteiger partial charge in [-0.1, -0.05) is 28.7 Å². The zero-order valence-corrected chi connectivity index (χ0v) is 8.97. The zero-order valence-electron chi connectivity index (χ0n) is 8.07. The Morgan fingerprint density at radius 1 is 1.25 bits per heavy atom. The van der Waals surface area contributed by atoms with E-state index in [2.05, 4.69) is 37.4 Å².